The SMILES string of the molecule is CC1c2cc(C3CCN([C@H]4C[C@H](OC5CCN(C(=O)OC(C)(C)C)CC5)C4)CC3F)ccc2C(=O)N1C1CCC(=O)NC1=O. The molecule has 1 aromatic carbocycles. The fourth-order valence-corrected chi connectivity index (χ4v) is 7.53. The Kier molecular flexibility index (Phi) is 8.47. The Morgan fingerprint density at radius 3 is 2.39 bits per heavy atom. The molecule has 1 saturated carbocycles. The Morgan fingerprint density at radius 1 is 1.00 bits per heavy atom. The van der Waals surface area contributed by atoms with E-state index in [1.54, 1.807) is 15.9 Å². The molecule has 1 N–H and O–H groups in total. The number of ether oxygens (including phenoxy) is 2. The van der Waals surface area contributed by atoms with Gasteiger partial charge in [0.15, 0.2) is 0 Å². The second kappa shape index (κ2) is 12.0. The van der Waals surface area contributed by atoms with Crippen molar-refractivity contribution in [2.24, 2.45) is 0 Å². The third kappa shape index (κ3) is 6.22. The van der Waals surface area contributed by atoms with E-state index in [1.807, 2.05) is 39.8 Å². The number of alkyl halides is 1. The molecule has 0 bridgehead atoms. The molecular formula is C33H45FN4O6. The second-order valence-corrected chi connectivity index (χ2v) is 14.2. The predicted molar refractivity (Wildman–Crippen MR) is 160 cm³/mol. The summed E-state index contributed by atoms with van der Waals surface area (Å²) in [6.07, 6.45) is 3.66. The van der Waals surface area contributed by atoms with Gasteiger partial charge in [-0.25, -0.2) is 9.18 Å². The van der Waals surface area contributed by atoms with Gasteiger partial charge in [0.05, 0.1) is 18.2 Å². The summed E-state index contributed by atoms with van der Waals surface area (Å²) in [5.74, 6) is -1.20. The van der Waals surface area contributed by atoms with Crippen LogP contribution < -0.4 is 5.32 Å². The first-order chi connectivity index (χ1) is 20.9. The molecule has 44 heavy (non-hydrogen) atoms. The fourth-order valence-electron chi connectivity index (χ4n) is 7.53. The third-order valence-corrected chi connectivity index (χ3v) is 10.0. The topological polar surface area (TPSA) is 108 Å². The summed E-state index contributed by atoms with van der Waals surface area (Å²) in [5.41, 5.74) is 1.77. The van der Waals surface area contributed by atoms with Crippen LogP contribution in [0.4, 0.5) is 9.18 Å². The molecule has 5 aliphatic rings. The second-order valence-electron chi connectivity index (χ2n) is 14.2. The maximum absolute atomic E-state index is 15.7. The first-order valence-electron chi connectivity index (χ1n) is 16.2. The zero-order valence-corrected chi connectivity index (χ0v) is 26.2. The number of carbonyl (C=O) groups excluding carboxylic acids is 4. The molecule has 4 fully saturated rings. The Bertz CT molecular complexity index is 1300. The van der Waals surface area contributed by atoms with Crippen molar-refractivity contribution < 1.29 is 33.0 Å². The van der Waals surface area contributed by atoms with Crippen molar-refractivity contribution in [1.29, 1.82) is 0 Å². The summed E-state index contributed by atoms with van der Waals surface area (Å²) in [6.45, 7) is 9.98. The van der Waals surface area contributed by atoms with Crippen LogP contribution in [0.2, 0.25) is 0 Å². The number of amides is 4. The standard InChI is InChI=1S/C33H45FN4O6/c1-19-26-15-20(5-6-25(26)31(41)38(19)28-7-8-29(39)35-30(28)40)24-11-14-37(18-27(24)34)21-16-23(17-21)43-22-9-12-36(13-10-22)32(42)44-33(2,3)4/h5-6,15,19,21-24,27-28H,7-14,16-18H2,1-4H3,(H,35,39,40)/t19?,21-,23-,24?,27?,28?. The Labute approximate surface area is 258 Å². The Hall–Kier alpha value is -3.05. The van der Waals surface area contributed by atoms with Crippen molar-refractivity contribution in [2.75, 3.05) is 26.2 Å². The number of halogens is 1. The number of nitrogens with one attached hydrogen (secondary N) is 1. The molecule has 4 unspecified atom stereocenters. The van der Waals surface area contributed by atoms with Gasteiger partial charge in [0, 0.05) is 43.6 Å². The number of fused-ring (bicyclic) bond motifs is 1. The van der Waals surface area contributed by atoms with Gasteiger partial charge in [-0.2, -0.15) is 0 Å². The first-order valence-corrected chi connectivity index (χ1v) is 16.2. The molecule has 4 heterocycles. The van der Waals surface area contributed by atoms with Crippen LogP contribution in [-0.2, 0) is 19.1 Å². The minimum Gasteiger partial charge on any atom is -0.444 e. The minimum absolute atomic E-state index is 0.138. The summed E-state index contributed by atoms with van der Waals surface area (Å²) < 4.78 is 27.5. The number of hydrogen-bond acceptors (Lipinski definition) is 7. The van der Waals surface area contributed by atoms with Crippen molar-refractivity contribution in [3.05, 3.63) is 34.9 Å². The third-order valence-electron chi connectivity index (χ3n) is 10.0. The zero-order chi connectivity index (χ0) is 31.3. The van der Waals surface area contributed by atoms with Gasteiger partial charge in [-0.3, -0.25) is 24.6 Å². The summed E-state index contributed by atoms with van der Waals surface area (Å²) in [4.78, 5) is 55.3. The van der Waals surface area contributed by atoms with E-state index in [1.165, 1.54) is 0 Å². The number of nitrogens with zero attached hydrogens (tertiary/aromatic N) is 3. The molecule has 0 spiro atoms. The van der Waals surface area contributed by atoms with Gasteiger partial charge < -0.3 is 19.3 Å². The number of hydrogen-bond donors (Lipinski definition) is 1. The minimum atomic E-state index is -1.02. The normalized spacial score (nSPS) is 31.9. The van der Waals surface area contributed by atoms with Crippen molar-refractivity contribution in [1.82, 2.24) is 20.0 Å². The molecule has 11 heteroatoms. The average Bonchev–Trinajstić information content (AvgIpc) is 3.18. The molecular weight excluding hydrogens is 567 g/mol. The van der Waals surface area contributed by atoms with Crippen molar-refractivity contribution >= 4 is 23.8 Å². The molecule has 240 valence electrons. The van der Waals surface area contributed by atoms with Gasteiger partial charge in [-0.15, -0.1) is 0 Å². The highest BCUT2D eigenvalue weighted by Crippen LogP contribution is 2.41. The average molecular weight is 613 g/mol. The van der Waals surface area contributed by atoms with E-state index >= 15 is 4.39 Å². The van der Waals surface area contributed by atoms with E-state index in [-0.39, 0.29) is 48.5 Å². The molecule has 4 aliphatic heterocycles. The summed E-state index contributed by atoms with van der Waals surface area (Å²) >= 11 is 0. The van der Waals surface area contributed by atoms with Gasteiger partial charge in [0.1, 0.15) is 17.8 Å². The molecule has 3 saturated heterocycles. The van der Waals surface area contributed by atoms with Gasteiger partial charge >= 0.3 is 6.09 Å². The monoisotopic (exact) mass is 612 g/mol. The van der Waals surface area contributed by atoms with Crippen LogP contribution in [0.1, 0.15) is 106 Å². The van der Waals surface area contributed by atoms with Gasteiger partial charge in [0.25, 0.3) is 5.91 Å². The van der Waals surface area contributed by atoms with Crippen molar-refractivity contribution in [3.8, 4) is 0 Å². The van der Waals surface area contributed by atoms with Gasteiger partial charge in [0.2, 0.25) is 11.8 Å². The molecule has 0 radical (unpaired) electrons. The lowest BCUT2D eigenvalue weighted by Crippen LogP contribution is -2.54. The van der Waals surface area contributed by atoms with E-state index in [0.717, 1.165) is 43.4 Å². The van der Waals surface area contributed by atoms with Crippen LogP contribution in [-0.4, -0.2) is 101 Å². The van der Waals surface area contributed by atoms with Crippen LogP contribution in [0.25, 0.3) is 0 Å². The number of piperidine rings is 3. The van der Waals surface area contributed by atoms with Gasteiger partial charge in [-0.05, 0) is 90.0 Å². The number of rotatable bonds is 5. The van der Waals surface area contributed by atoms with Crippen molar-refractivity contribution in [2.45, 2.75) is 121 Å². The molecule has 10 nitrogen and oxygen atoms in total. The number of carbonyl (C=O) groups is 4. The smallest absolute Gasteiger partial charge is 0.410 e. The van der Waals surface area contributed by atoms with Crippen molar-refractivity contribution in [3.63, 3.8) is 0 Å². The molecule has 0 aromatic heterocycles. The fraction of sp³-hybridized carbons (Fsp3) is 0.697. The van der Waals surface area contributed by atoms with E-state index in [2.05, 4.69) is 10.2 Å². The van der Waals surface area contributed by atoms with Crippen LogP contribution >= 0.6 is 0 Å². The van der Waals surface area contributed by atoms with E-state index < -0.39 is 23.7 Å². The predicted octanol–water partition coefficient (Wildman–Crippen LogP) is 4.08. The molecule has 1 aromatic rings. The highest BCUT2D eigenvalue weighted by Gasteiger charge is 2.45. The molecule has 4 atom stereocenters. The van der Waals surface area contributed by atoms with E-state index in [9.17, 15) is 19.2 Å². The van der Waals surface area contributed by atoms with E-state index in [4.69, 9.17) is 9.47 Å². The lowest BCUT2D eigenvalue weighted by Gasteiger charge is -2.47. The molecule has 1 aliphatic carbocycles. The highest BCUT2D eigenvalue weighted by molar-refractivity contribution is 6.05. The lowest BCUT2D eigenvalue weighted by atomic mass is 9.82. The summed E-state index contributed by atoms with van der Waals surface area (Å²) in [7, 11) is 0. The lowest BCUT2D eigenvalue weighted by molar-refractivity contribution is -0.137. The van der Waals surface area contributed by atoms with Gasteiger partial charge in [-0.1, -0.05) is 12.1 Å². The van der Waals surface area contributed by atoms with Crippen LogP contribution in [0.3, 0.4) is 0 Å². The maximum Gasteiger partial charge on any atom is 0.410 e. The van der Waals surface area contributed by atoms with Crippen LogP contribution in [0.15, 0.2) is 18.2 Å². The van der Waals surface area contributed by atoms with Crippen LogP contribution in [0.5, 0.6) is 0 Å². The number of imide groups is 1. The Balaban J connectivity index is 0.977. The number of likely N-dealkylation sites (tertiary alicyclic amines) is 2. The highest BCUT2D eigenvalue weighted by atomic mass is 19.1. The summed E-state index contributed by atoms with van der Waals surface area (Å²) in [5, 5.41) is 2.35. The Morgan fingerprint density at radius 2 is 1.73 bits per heavy atom. The zero-order valence-electron chi connectivity index (χ0n) is 26.2. The maximum atomic E-state index is 15.7. The molecule has 6 rings (SSSR count). The van der Waals surface area contributed by atoms with Crippen LogP contribution in [0, 0.1) is 0 Å². The largest absolute Gasteiger partial charge is 0.444 e. The first kappa shape index (κ1) is 31.0. The number of benzene rings is 1. The molecule has 4 amide bonds. The van der Waals surface area contributed by atoms with E-state index in [0.29, 0.717) is 44.1 Å². The summed E-state index contributed by atoms with van der Waals surface area (Å²) in [6, 6.07) is 4.92. The quantitative estimate of drug-likeness (QED) is 0.500.